The zero-order valence-electron chi connectivity index (χ0n) is 13.2. The van der Waals surface area contributed by atoms with E-state index in [0.29, 0.717) is 6.04 Å². The van der Waals surface area contributed by atoms with Crippen LogP contribution in [0.25, 0.3) is 0 Å². The lowest BCUT2D eigenvalue weighted by Crippen LogP contribution is -2.43. The van der Waals surface area contributed by atoms with Gasteiger partial charge >= 0.3 is 0 Å². The van der Waals surface area contributed by atoms with Crippen molar-refractivity contribution in [3.63, 3.8) is 0 Å². The monoisotopic (exact) mass is 271 g/mol. The molecule has 0 radical (unpaired) electrons. The van der Waals surface area contributed by atoms with E-state index in [1.165, 1.54) is 32.1 Å². The van der Waals surface area contributed by atoms with Gasteiger partial charge in [-0.3, -0.25) is 0 Å². The standard InChI is InChI=1S/C19H29N/c1-13-8-14(2)10-17(9-13)19(20-3)18-11-15-6-4-5-7-16(15)12-18/h4-7,13-14,17-20H,8-12H2,1-3H3. The number of rotatable bonds is 3. The molecule has 1 heteroatoms. The van der Waals surface area contributed by atoms with Crippen LogP contribution in [0.3, 0.4) is 0 Å². The molecule has 1 N–H and O–H groups in total. The molecule has 1 fully saturated rings. The summed E-state index contributed by atoms with van der Waals surface area (Å²) in [4.78, 5) is 0. The van der Waals surface area contributed by atoms with Crippen molar-refractivity contribution in [3.05, 3.63) is 35.4 Å². The van der Waals surface area contributed by atoms with Gasteiger partial charge in [-0.1, -0.05) is 38.1 Å². The van der Waals surface area contributed by atoms with Gasteiger partial charge in [0.15, 0.2) is 0 Å². The van der Waals surface area contributed by atoms with Crippen molar-refractivity contribution in [2.24, 2.45) is 23.7 Å². The molecular formula is C19H29N. The minimum absolute atomic E-state index is 0.701. The lowest BCUT2D eigenvalue weighted by atomic mass is 9.70. The minimum atomic E-state index is 0.701. The van der Waals surface area contributed by atoms with Crippen LogP contribution in [-0.2, 0) is 12.8 Å². The molecule has 0 heterocycles. The lowest BCUT2D eigenvalue weighted by Gasteiger charge is -2.39. The smallest absolute Gasteiger partial charge is 0.0127 e. The molecule has 3 unspecified atom stereocenters. The quantitative estimate of drug-likeness (QED) is 0.874. The fourth-order valence-electron chi connectivity index (χ4n) is 5.01. The van der Waals surface area contributed by atoms with E-state index in [4.69, 9.17) is 0 Å². The highest BCUT2D eigenvalue weighted by Crippen LogP contribution is 2.39. The van der Waals surface area contributed by atoms with Crippen molar-refractivity contribution in [1.29, 1.82) is 0 Å². The average molecular weight is 271 g/mol. The predicted octanol–water partition coefficient (Wildman–Crippen LogP) is 4.06. The summed E-state index contributed by atoms with van der Waals surface area (Å²) in [7, 11) is 2.18. The van der Waals surface area contributed by atoms with Crippen LogP contribution in [0.4, 0.5) is 0 Å². The number of fused-ring (bicyclic) bond motifs is 1. The van der Waals surface area contributed by atoms with Crippen LogP contribution >= 0.6 is 0 Å². The molecule has 0 saturated heterocycles. The Balaban J connectivity index is 1.72. The van der Waals surface area contributed by atoms with E-state index in [1.807, 2.05) is 0 Å². The van der Waals surface area contributed by atoms with Crippen molar-refractivity contribution >= 4 is 0 Å². The summed E-state index contributed by atoms with van der Waals surface area (Å²) >= 11 is 0. The summed E-state index contributed by atoms with van der Waals surface area (Å²) in [5, 5.41) is 3.69. The molecule has 2 aliphatic rings. The molecule has 3 atom stereocenters. The molecule has 0 bridgehead atoms. The highest BCUT2D eigenvalue weighted by atomic mass is 14.9. The van der Waals surface area contributed by atoms with E-state index in [2.05, 4.69) is 50.5 Å². The number of hydrogen-bond acceptors (Lipinski definition) is 1. The van der Waals surface area contributed by atoms with Crippen molar-refractivity contribution in [3.8, 4) is 0 Å². The van der Waals surface area contributed by atoms with E-state index >= 15 is 0 Å². The summed E-state index contributed by atoms with van der Waals surface area (Å²) in [5.41, 5.74) is 3.18. The van der Waals surface area contributed by atoms with Gasteiger partial charge in [0.1, 0.15) is 0 Å². The van der Waals surface area contributed by atoms with E-state index in [-0.39, 0.29) is 0 Å². The Morgan fingerprint density at radius 1 is 0.900 bits per heavy atom. The van der Waals surface area contributed by atoms with Crippen LogP contribution in [-0.4, -0.2) is 13.1 Å². The first-order chi connectivity index (χ1) is 9.67. The normalized spacial score (nSPS) is 32.0. The Bertz CT molecular complexity index is 418. The third kappa shape index (κ3) is 2.79. The molecule has 2 aliphatic carbocycles. The molecule has 1 saturated carbocycles. The highest BCUT2D eigenvalue weighted by Gasteiger charge is 2.36. The summed E-state index contributed by atoms with van der Waals surface area (Å²) in [6, 6.07) is 9.75. The Morgan fingerprint density at radius 3 is 1.95 bits per heavy atom. The molecule has 0 aliphatic heterocycles. The first-order valence-corrected chi connectivity index (χ1v) is 8.41. The van der Waals surface area contributed by atoms with E-state index < -0.39 is 0 Å². The van der Waals surface area contributed by atoms with Crippen molar-refractivity contribution in [1.82, 2.24) is 5.32 Å². The van der Waals surface area contributed by atoms with Crippen molar-refractivity contribution < 1.29 is 0 Å². The van der Waals surface area contributed by atoms with Crippen LogP contribution in [0.1, 0.15) is 44.2 Å². The summed E-state index contributed by atoms with van der Waals surface area (Å²) in [6.07, 6.45) is 6.82. The van der Waals surface area contributed by atoms with E-state index in [9.17, 15) is 0 Å². The molecular weight excluding hydrogens is 242 g/mol. The molecule has 1 nitrogen and oxygen atoms in total. The zero-order valence-corrected chi connectivity index (χ0v) is 13.2. The lowest BCUT2D eigenvalue weighted by molar-refractivity contribution is 0.150. The molecule has 0 amide bonds. The fourth-order valence-corrected chi connectivity index (χ4v) is 5.01. The van der Waals surface area contributed by atoms with Crippen LogP contribution in [0, 0.1) is 23.7 Å². The molecule has 1 aromatic carbocycles. The largest absolute Gasteiger partial charge is 0.316 e. The Hall–Kier alpha value is -0.820. The van der Waals surface area contributed by atoms with Gasteiger partial charge in [0, 0.05) is 6.04 Å². The van der Waals surface area contributed by atoms with E-state index in [1.54, 1.807) is 11.1 Å². The molecule has 20 heavy (non-hydrogen) atoms. The summed E-state index contributed by atoms with van der Waals surface area (Å²) in [5.74, 6) is 3.49. The van der Waals surface area contributed by atoms with Crippen molar-refractivity contribution in [2.75, 3.05) is 7.05 Å². The minimum Gasteiger partial charge on any atom is -0.316 e. The van der Waals surface area contributed by atoms with Crippen LogP contribution in [0.5, 0.6) is 0 Å². The van der Waals surface area contributed by atoms with Gasteiger partial charge in [-0.2, -0.15) is 0 Å². The number of nitrogens with one attached hydrogen (secondary N) is 1. The van der Waals surface area contributed by atoms with Gasteiger partial charge in [0.05, 0.1) is 0 Å². The van der Waals surface area contributed by atoms with Gasteiger partial charge < -0.3 is 5.32 Å². The molecule has 1 aromatic rings. The van der Waals surface area contributed by atoms with Crippen LogP contribution in [0.15, 0.2) is 24.3 Å². The third-order valence-electron chi connectivity index (χ3n) is 5.65. The maximum Gasteiger partial charge on any atom is 0.0127 e. The fraction of sp³-hybridized carbons (Fsp3) is 0.684. The first-order valence-electron chi connectivity index (χ1n) is 8.41. The first kappa shape index (κ1) is 14.1. The van der Waals surface area contributed by atoms with Gasteiger partial charge in [-0.15, -0.1) is 0 Å². The Kier molecular flexibility index (Phi) is 4.16. The second-order valence-corrected chi connectivity index (χ2v) is 7.43. The summed E-state index contributed by atoms with van der Waals surface area (Å²) in [6.45, 7) is 4.89. The maximum atomic E-state index is 3.69. The van der Waals surface area contributed by atoms with Crippen LogP contribution < -0.4 is 5.32 Å². The molecule has 110 valence electrons. The van der Waals surface area contributed by atoms with Gasteiger partial charge in [-0.05, 0) is 74.0 Å². The van der Waals surface area contributed by atoms with E-state index in [0.717, 1.165) is 23.7 Å². The average Bonchev–Trinajstić information content (AvgIpc) is 2.81. The molecule has 0 spiro atoms. The van der Waals surface area contributed by atoms with Crippen molar-refractivity contribution in [2.45, 2.75) is 52.0 Å². The number of hydrogen-bond donors (Lipinski definition) is 1. The number of benzene rings is 1. The summed E-state index contributed by atoms with van der Waals surface area (Å²) < 4.78 is 0. The van der Waals surface area contributed by atoms with Crippen LogP contribution in [0.2, 0.25) is 0 Å². The highest BCUT2D eigenvalue weighted by molar-refractivity contribution is 5.32. The van der Waals surface area contributed by atoms with Gasteiger partial charge in [0.2, 0.25) is 0 Å². The zero-order chi connectivity index (χ0) is 14.1. The van der Waals surface area contributed by atoms with Gasteiger partial charge in [-0.25, -0.2) is 0 Å². The molecule has 0 aromatic heterocycles. The predicted molar refractivity (Wildman–Crippen MR) is 85.9 cm³/mol. The maximum absolute atomic E-state index is 3.69. The van der Waals surface area contributed by atoms with Gasteiger partial charge in [0.25, 0.3) is 0 Å². The Labute approximate surface area is 124 Å². The second-order valence-electron chi connectivity index (χ2n) is 7.43. The topological polar surface area (TPSA) is 12.0 Å². The Morgan fingerprint density at radius 2 is 1.45 bits per heavy atom. The molecule has 3 rings (SSSR count). The third-order valence-corrected chi connectivity index (χ3v) is 5.65. The second kappa shape index (κ2) is 5.89. The SMILES string of the molecule is CNC(C1Cc2ccccc2C1)C1CC(C)CC(C)C1.